The highest BCUT2D eigenvalue weighted by molar-refractivity contribution is 6.04. The van der Waals surface area contributed by atoms with Crippen LogP contribution < -0.4 is 4.90 Å². The summed E-state index contributed by atoms with van der Waals surface area (Å²) in [7, 11) is 4.04. The summed E-state index contributed by atoms with van der Waals surface area (Å²) in [4.78, 5) is 15.1. The molecule has 0 saturated heterocycles. The van der Waals surface area contributed by atoms with E-state index in [9.17, 15) is 4.79 Å². The predicted octanol–water partition coefficient (Wildman–Crippen LogP) is 5.14. The van der Waals surface area contributed by atoms with Crippen molar-refractivity contribution in [3.8, 4) is 0 Å². The first kappa shape index (κ1) is 19.6. The van der Waals surface area contributed by atoms with Crippen molar-refractivity contribution < 1.29 is 4.79 Å². The first-order chi connectivity index (χ1) is 14.6. The molecule has 0 radical (unpaired) electrons. The number of benzene rings is 3. The van der Waals surface area contributed by atoms with Gasteiger partial charge in [0.1, 0.15) is 0 Å². The zero-order valence-corrected chi connectivity index (χ0v) is 17.3. The Morgan fingerprint density at radius 2 is 1.57 bits per heavy atom. The van der Waals surface area contributed by atoms with Crippen LogP contribution in [0.5, 0.6) is 0 Å². The average molecular weight is 396 g/mol. The van der Waals surface area contributed by atoms with Gasteiger partial charge >= 0.3 is 0 Å². The first-order valence-electron chi connectivity index (χ1n) is 10.1. The number of carbonyl (C=O) groups excluding carboxylic acids is 1. The number of nitrogens with zero attached hydrogens (tertiary/aromatic N) is 3. The van der Waals surface area contributed by atoms with Gasteiger partial charge in [0.05, 0.1) is 11.8 Å². The molecule has 0 bridgehead atoms. The molecule has 0 aliphatic carbocycles. The zero-order valence-electron chi connectivity index (χ0n) is 17.3. The summed E-state index contributed by atoms with van der Waals surface area (Å²) < 4.78 is 0. The average Bonchev–Trinajstić information content (AvgIpc) is 3.24. The van der Waals surface area contributed by atoms with Gasteiger partial charge in [-0.3, -0.25) is 4.79 Å². The summed E-state index contributed by atoms with van der Waals surface area (Å²) >= 11 is 0. The van der Waals surface area contributed by atoms with Crippen LogP contribution in [0.1, 0.15) is 29.2 Å². The highest BCUT2D eigenvalue weighted by atomic mass is 16.2. The minimum absolute atomic E-state index is 0.109. The standard InChI is InChI=1S/C26H25N3O/c1-28(2)23-16-14-21(15-17-23)24-19-25(22-11-7-4-8-12-22)29(27-24)26(30)18-13-20-9-5-3-6-10-20/h3-18,25H,19H2,1-2H3. The van der Waals surface area contributed by atoms with Crippen LogP contribution in [0.3, 0.4) is 0 Å². The van der Waals surface area contributed by atoms with E-state index in [1.165, 1.54) is 0 Å². The highest BCUT2D eigenvalue weighted by Crippen LogP contribution is 2.33. The fraction of sp³-hybridized carbons (Fsp3) is 0.154. The van der Waals surface area contributed by atoms with Gasteiger partial charge in [-0.05, 0) is 34.9 Å². The monoisotopic (exact) mass is 395 g/mol. The molecule has 1 heterocycles. The molecule has 1 atom stereocenters. The molecule has 0 fully saturated rings. The molecule has 0 saturated carbocycles. The molecule has 1 aliphatic rings. The third-order valence-electron chi connectivity index (χ3n) is 5.26. The lowest BCUT2D eigenvalue weighted by Crippen LogP contribution is -2.25. The second-order valence-electron chi connectivity index (χ2n) is 7.55. The number of hydrogen-bond donors (Lipinski definition) is 0. The van der Waals surface area contributed by atoms with Gasteiger partial charge in [0.15, 0.2) is 0 Å². The van der Waals surface area contributed by atoms with Crippen molar-refractivity contribution in [2.24, 2.45) is 5.10 Å². The summed E-state index contributed by atoms with van der Waals surface area (Å²) in [5.41, 5.74) is 5.18. The minimum atomic E-state index is -0.118. The molecule has 150 valence electrons. The molecule has 1 amide bonds. The van der Waals surface area contributed by atoms with Gasteiger partial charge in [-0.1, -0.05) is 72.8 Å². The molecule has 30 heavy (non-hydrogen) atoms. The van der Waals surface area contributed by atoms with Crippen LogP contribution in [0, 0.1) is 0 Å². The Morgan fingerprint density at radius 3 is 2.20 bits per heavy atom. The van der Waals surface area contributed by atoms with E-state index >= 15 is 0 Å². The Bertz CT molecular complexity index is 1050. The third kappa shape index (κ3) is 4.33. The molecule has 0 N–H and O–H groups in total. The molecule has 4 rings (SSSR count). The van der Waals surface area contributed by atoms with E-state index < -0.39 is 0 Å². The van der Waals surface area contributed by atoms with Crippen LogP contribution >= 0.6 is 0 Å². The number of amides is 1. The summed E-state index contributed by atoms with van der Waals surface area (Å²) in [5.74, 6) is -0.118. The van der Waals surface area contributed by atoms with Gasteiger partial charge in [0, 0.05) is 32.3 Å². The van der Waals surface area contributed by atoms with E-state index in [-0.39, 0.29) is 11.9 Å². The van der Waals surface area contributed by atoms with Crippen LogP contribution in [-0.4, -0.2) is 30.7 Å². The molecular formula is C26H25N3O. The SMILES string of the molecule is CN(C)c1ccc(C2=NN(C(=O)C=Cc3ccccc3)C(c3ccccc3)C2)cc1. The second kappa shape index (κ2) is 8.78. The maximum absolute atomic E-state index is 13.0. The molecule has 0 spiro atoms. The van der Waals surface area contributed by atoms with Crippen molar-refractivity contribution >= 4 is 23.4 Å². The predicted molar refractivity (Wildman–Crippen MR) is 123 cm³/mol. The number of hydrogen-bond acceptors (Lipinski definition) is 3. The smallest absolute Gasteiger partial charge is 0.267 e. The molecule has 0 aromatic heterocycles. The molecule has 1 unspecified atom stereocenters. The molecule has 3 aromatic rings. The third-order valence-corrected chi connectivity index (χ3v) is 5.26. The Morgan fingerprint density at radius 1 is 0.933 bits per heavy atom. The molecule has 1 aliphatic heterocycles. The van der Waals surface area contributed by atoms with Gasteiger partial charge in [-0.15, -0.1) is 0 Å². The van der Waals surface area contributed by atoms with Crippen molar-refractivity contribution in [1.82, 2.24) is 5.01 Å². The quantitative estimate of drug-likeness (QED) is 0.561. The molecule has 4 nitrogen and oxygen atoms in total. The highest BCUT2D eigenvalue weighted by Gasteiger charge is 2.32. The van der Waals surface area contributed by atoms with Gasteiger partial charge in [-0.25, -0.2) is 5.01 Å². The fourth-order valence-corrected chi connectivity index (χ4v) is 3.58. The number of rotatable bonds is 5. The Labute approximate surface area is 177 Å². The van der Waals surface area contributed by atoms with E-state index in [0.717, 1.165) is 28.1 Å². The first-order valence-corrected chi connectivity index (χ1v) is 10.1. The van der Waals surface area contributed by atoms with Crippen LogP contribution in [-0.2, 0) is 4.79 Å². The van der Waals surface area contributed by atoms with Gasteiger partial charge in [0.2, 0.25) is 0 Å². The van der Waals surface area contributed by atoms with E-state index in [1.54, 1.807) is 11.1 Å². The fourth-order valence-electron chi connectivity index (χ4n) is 3.58. The van der Waals surface area contributed by atoms with E-state index in [0.29, 0.717) is 6.42 Å². The summed E-state index contributed by atoms with van der Waals surface area (Å²) in [6, 6.07) is 28.1. The largest absolute Gasteiger partial charge is 0.378 e. The molecule has 3 aromatic carbocycles. The number of anilines is 1. The molecule has 4 heteroatoms. The lowest BCUT2D eigenvalue weighted by Gasteiger charge is -2.20. The van der Waals surface area contributed by atoms with Crippen LogP contribution in [0.4, 0.5) is 5.69 Å². The van der Waals surface area contributed by atoms with Crippen LogP contribution in [0.2, 0.25) is 0 Å². The Balaban J connectivity index is 1.63. The van der Waals surface area contributed by atoms with Crippen molar-refractivity contribution in [2.45, 2.75) is 12.5 Å². The van der Waals surface area contributed by atoms with Gasteiger partial charge in [0.25, 0.3) is 5.91 Å². The van der Waals surface area contributed by atoms with Crippen LogP contribution in [0.25, 0.3) is 6.08 Å². The van der Waals surface area contributed by atoms with Crippen LogP contribution in [0.15, 0.2) is 96.1 Å². The summed E-state index contributed by atoms with van der Waals surface area (Å²) in [5, 5.41) is 6.35. The minimum Gasteiger partial charge on any atom is -0.378 e. The lowest BCUT2D eigenvalue weighted by molar-refractivity contribution is -0.127. The Hall–Kier alpha value is -3.66. The van der Waals surface area contributed by atoms with Crippen molar-refractivity contribution in [1.29, 1.82) is 0 Å². The zero-order chi connectivity index (χ0) is 20.9. The normalized spacial score (nSPS) is 16.0. The van der Waals surface area contributed by atoms with Crippen molar-refractivity contribution in [3.63, 3.8) is 0 Å². The molecular weight excluding hydrogens is 370 g/mol. The van der Waals surface area contributed by atoms with E-state index in [4.69, 9.17) is 5.10 Å². The topological polar surface area (TPSA) is 35.9 Å². The summed E-state index contributed by atoms with van der Waals surface area (Å²) in [6.45, 7) is 0. The lowest BCUT2D eigenvalue weighted by atomic mass is 9.98. The van der Waals surface area contributed by atoms with E-state index in [2.05, 4.69) is 41.3 Å². The maximum Gasteiger partial charge on any atom is 0.267 e. The summed E-state index contributed by atoms with van der Waals surface area (Å²) in [6.07, 6.45) is 4.13. The number of carbonyl (C=O) groups is 1. The van der Waals surface area contributed by atoms with Gasteiger partial charge < -0.3 is 4.90 Å². The van der Waals surface area contributed by atoms with E-state index in [1.807, 2.05) is 68.7 Å². The maximum atomic E-state index is 13.0. The number of hydrazone groups is 1. The van der Waals surface area contributed by atoms with Gasteiger partial charge in [-0.2, -0.15) is 5.10 Å². The van der Waals surface area contributed by atoms with Crippen molar-refractivity contribution in [2.75, 3.05) is 19.0 Å². The van der Waals surface area contributed by atoms with Crippen molar-refractivity contribution in [3.05, 3.63) is 108 Å². The Kier molecular flexibility index (Phi) is 5.75. The second-order valence-corrected chi connectivity index (χ2v) is 7.55.